The minimum absolute atomic E-state index is 0.0685. The van der Waals surface area contributed by atoms with Gasteiger partial charge in [-0.25, -0.2) is 0 Å². The van der Waals surface area contributed by atoms with Gasteiger partial charge in [0, 0.05) is 6.42 Å². The van der Waals surface area contributed by atoms with Crippen LogP contribution in [0.15, 0.2) is 18.2 Å². The molecule has 0 unspecified atom stereocenters. The van der Waals surface area contributed by atoms with Crippen LogP contribution in [0.4, 0.5) is 5.69 Å². The molecule has 0 saturated heterocycles. The third-order valence-corrected chi connectivity index (χ3v) is 3.12. The van der Waals surface area contributed by atoms with E-state index in [4.69, 9.17) is 9.84 Å². The number of carbonyl (C=O) groups is 2. The van der Waals surface area contributed by atoms with Crippen LogP contribution in [0.3, 0.4) is 0 Å². The maximum absolute atomic E-state index is 12.0. The SMILES string of the molecule is CC1(C)COc2ccc(CCC(=O)O)cc2NC1=O. The first kappa shape index (κ1) is 13.4. The molecule has 1 aromatic carbocycles. The molecule has 0 aliphatic carbocycles. The second-order valence-corrected chi connectivity index (χ2v) is 5.35. The Bertz CT molecular complexity index is 522. The summed E-state index contributed by atoms with van der Waals surface area (Å²) in [6.45, 7) is 3.96. The monoisotopic (exact) mass is 263 g/mol. The molecule has 1 amide bonds. The fourth-order valence-corrected chi connectivity index (χ4v) is 1.82. The summed E-state index contributed by atoms with van der Waals surface area (Å²) in [4.78, 5) is 22.5. The molecule has 0 atom stereocenters. The predicted molar refractivity (Wildman–Crippen MR) is 70.3 cm³/mol. The molecule has 5 heteroatoms. The van der Waals surface area contributed by atoms with E-state index in [-0.39, 0.29) is 12.3 Å². The van der Waals surface area contributed by atoms with Crippen molar-refractivity contribution in [1.82, 2.24) is 0 Å². The van der Waals surface area contributed by atoms with E-state index in [9.17, 15) is 9.59 Å². The van der Waals surface area contributed by atoms with Gasteiger partial charge in [0.2, 0.25) is 5.91 Å². The molecule has 102 valence electrons. The first-order chi connectivity index (χ1) is 8.88. The number of fused-ring (bicyclic) bond motifs is 1. The lowest BCUT2D eigenvalue weighted by Gasteiger charge is -2.18. The average Bonchev–Trinajstić information content (AvgIpc) is 2.45. The van der Waals surface area contributed by atoms with Gasteiger partial charge in [0.15, 0.2) is 0 Å². The first-order valence-corrected chi connectivity index (χ1v) is 6.17. The standard InChI is InChI=1S/C14H17NO4/c1-14(2)8-19-11-5-3-9(4-6-12(16)17)7-10(11)15-13(14)18/h3,5,7H,4,6,8H2,1-2H3,(H,15,18)(H,16,17). The van der Waals surface area contributed by atoms with Gasteiger partial charge >= 0.3 is 5.97 Å². The fraction of sp³-hybridized carbons (Fsp3) is 0.429. The number of carboxylic acids is 1. The molecule has 1 heterocycles. The largest absolute Gasteiger partial charge is 0.490 e. The molecule has 0 fully saturated rings. The zero-order valence-electron chi connectivity index (χ0n) is 11.0. The number of hydrogen-bond donors (Lipinski definition) is 2. The van der Waals surface area contributed by atoms with Crippen molar-refractivity contribution >= 4 is 17.6 Å². The topological polar surface area (TPSA) is 75.6 Å². The number of ether oxygens (including phenoxy) is 1. The van der Waals surface area contributed by atoms with E-state index in [2.05, 4.69) is 5.32 Å². The van der Waals surface area contributed by atoms with Gasteiger partial charge in [-0.05, 0) is 38.0 Å². The highest BCUT2D eigenvalue weighted by atomic mass is 16.5. The number of hydrogen-bond acceptors (Lipinski definition) is 3. The van der Waals surface area contributed by atoms with E-state index in [1.807, 2.05) is 19.9 Å². The van der Waals surface area contributed by atoms with Crippen LogP contribution < -0.4 is 10.1 Å². The molecule has 1 aliphatic rings. The molecule has 1 aromatic rings. The second-order valence-electron chi connectivity index (χ2n) is 5.35. The summed E-state index contributed by atoms with van der Waals surface area (Å²) in [5, 5.41) is 11.5. The fourth-order valence-electron chi connectivity index (χ4n) is 1.82. The third kappa shape index (κ3) is 3.05. The lowest BCUT2D eigenvalue weighted by molar-refractivity contribution is -0.137. The molecule has 19 heavy (non-hydrogen) atoms. The Hall–Kier alpha value is -2.04. The quantitative estimate of drug-likeness (QED) is 0.875. The predicted octanol–water partition coefficient (Wildman–Crippen LogP) is 2.06. The van der Waals surface area contributed by atoms with Crippen molar-refractivity contribution in [3.63, 3.8) is 0 Å². The molecule has 2 N–H and O–H groups in total. The Morgan fingerprint density at radius 1 is 1.47 bits per heavy atom. The molecule has 0 aromatic heterocycles. The number of nitrogens with one attached hydrogen (secondary N) is 1. The van der Waals surface area contributed by atoms with Crippen LogP contribution in [0, 0.1) is 5.41 Å². The van der Waals surface area contributed by atoms with Crippen molar-refractivity contribution in [2.45, 2.75) is 26.7 Å². The molecule has 0 bridgehead atoms. The molecule has 0 saturated carbocycles. The molecule has 0 radical (unpaired) electrons. The Morgan fingerprint density at radius 2 is 2.21 bits per heavy atom. The molecular formula is C14H17NO4. The molecule has 0 spiro atoms. The van der Waals surface area contributed by atoms with Gasteiger partial charge in [-0.1, -0.05) is 6.07 Å². The third-order valence-electron chi connectivity index (χ3n) is 3.12. The lowest BCUT2D eigenvalue weighted by Crippen LogP contribution is -2.33. The minimum Gasteiger partial charge on any atom is -0.490 e. The molecule has 1 aliphatic heterocycles. The first-order valence-electron chi connectivity index (χ1n) is 6.17. The summed E-state index contributed by atoms with van der Waals surface area (Å²) in [6, 6.07) is 5.37. The highest BCUT2D eigenvalue weighted by Crippen LogP contribution is 2.33. The highest BCUT2D eigenvalue weighted by Gasteiger charge is 2.32. The van der Waals surface area contributed by atoms with Gasteiger partial charge in [0.05, 0.1) is 11.1 Å². The Morgan fingerprint density at radius 3 is 2.89 bits per heavy atom. The summed E-state index contributed by atoms with van der Waals surface area (Å²) in [7, 11) is 0. The van der Waals surface area contributed by atoms with E-state index in [0.717, 1.165) is 5.56 Å². The van der Waals surface area contributed by atoms with Crippen LogP contribution in [-0.2, 0) is 16.0 Å². The summed E-state index contributed by atoms with van der Waals surface area (Å²) in [5.41, 5.74) is 0.892. The van der Waals surface area contributed by atoms with Crippen molar-refractivity contribution in [2.24, 2.45) is 5.41 Å². The molecule has 5 nitrogen and oxygen atoms in total. The van der Waals surface area contributed by atoms with Gasteiger partial charge in [-0.3, -0.25) is 9.59 Å². The normalized spacial score (nSPS) is 16.8. The Kier molecular flexibility index (Phi) is 3.46. The number of rotatable bonds is 3. The smallest absolute Gasteiger partial charge is 0.303 e. The number of carbonyl (C=O) groups excluding carboxylic acids is 1. The average molecular weight is 263 g/mol. The van der Waals surface area contributed by atoms with Crippen LogP contribution in [0.2, 0.25) is 0 Å². The highest BCUT2D eigenvalue weighted by molar-refractivity contribution is 5.97. The summed E-state index contributed by atoms with van der Waals surface area (Å²) in [5.74, 6) is -0.309. The number of aliphatic carboxylic acids is 1. The van der Waals surface area contributed by atoms with Crippen LogP contribution >= 0.6 is 0 Å². The minimum atomic E-state index is -0.837. The summed E-state index contributed by atoms with van der Waals surface area (Å²) < 4.78 is 5.62. The summed E-state index contributed by atoms with van der Waals surface area (Å²) in [6.07, 6.45) is 0.501. The van der Waals surface area contributed by atoms with E-state index in [1.54, 1.807) is 12.1 Å². The number of amides is 1. The number of anilines is 1. The van der Waals surface area contributed by atoms with Crippen LogP contribution in [-0.4, -0.2) is 23.6 Å². The maximum atomic E-state index is 12.0. The van der Waals surface area contributed by atoms with Gasteiger partial charge in [-0.2, -0.15) is 0 Å². The molecule has 2 rings (SSSR count). The van der Waals surface area contributed by atoms with Crippen molar-refractivity contribution < 1.29 is 19.4 Å². The molecular weight excluding hydrogens is 246 g/mol. The van der Waals surface area contributed by atoms with Crippen molar-refractivity contribution in [1.29, 1.82) is 0 Å². The second kappa shape index (κ2) is 4.91. The van der Waals surface area contributed by atoms with E-state index >= 15 is 0 Å². The van der Waals surface area contributed by atoms with Gasteiger partial charge in [0.1, 0.15) is 12.4 Å². The van der Waals surface area contributed by atoms with Crippen LogP contribution in [0.1, 0.15) is 25.8 Å². The summed E-state index contributed by atoms with van der Waals surface area (Å²) >= 11 is 0. The Labute approximate surface area is 111 Å². The number of benzene rings is 1. The number of carboxylic acid groups (broad SMARTS) is 1. The van der Waals surface area contributed by atoms with E-state index < -0.39 is 11.4 Å². The lowest BCUT2D eigenvalue weighted by atomic mass is 9.94. The van der Waals surface area contributed by atoms with E-state index in [0.29, 0.717) is 24.5 Å². The number of aryl methyl sites for hydroxylation is 1. The van der Waals surface area contributed by atoms with Gasteiger partial charge in [0.25, 0.3) is 0 Å². The van der Waals surface area contributed by atoms with Gasteiger partial charge in [-0.15, -0.1) is 0 Å². The van der Waals surface area contributed by atoms with Crippen molar-refractivity contribution in [2.75, 3.05) is 11.9 Å². The van der Waals surface area contributed by atoms with Crippen molar-refractivity contribution in [3.8, 4) is 5.75 Å². The van der Waals surface area contributed by atoms with Crippen LogP contribution in [0.25, 0.3) is 0 Å². The van der Waals surface area contributed by atoms with Crippen molar-refractivity contribution in [3.05, 3.63) is 23.8 Å². The zero-order valence-corrected chi connectivity index (χ0v) is 11.0. The maximum Gasteiger partial charge on any atom is 0.303 e. The van der Waals surface area contributed by atoms with Gasteiger partial charge < -0.3 is 15.2 Å². The zero-order chi connectivity index (χ0) is 14.0. The van der Waals surface area contributed by atoms with Crippen LogP contribution in [0.5, 0.6) is 5.75 Å². The van der Waals surface area contributed by atoms with E-state index in [1.165, 1.54) is 0 Å². The Balaban J connectivity index is 2.21.